The summed E-state index contributed by atoms with van der Waals surface area (Å²) in [5.41, 5.74) is 6.83. The first-order valence-electron chi connectivity index (χ1n) is 8.11. The van der Waals surface area contributed by atoms with Gasteiger partial charge in [0.1, 0.15) is 9.88 Å². The number of carbonyl (C=O) groups is 1. The summed E-state index contributed by atoms with van der Waals surface area (Å²) in [7, 11) is 0. The van der Waals surface area contributed by atoms with Crippen LogP contribution in [0.3, 0.4) is 0 Å². The molecule has 1 aromatic heterocycles. The second-order valence-corrected chi connectivity index (χ2v) is 7.21. The van der Waals surface area contributed by atoms with Gasteiger partial charge in [0.05, 0.1) is 6.20 Å². The van der Waals surface area contributed by atoms with Gasteiger partial charge in [-0.25, -0.2) is 4.98 Å². The van der Waals surface area contributed by atoms with E-state index in [0.29, 0.717) is 10.6 Å². The summed E-state index contributed by atoms with van der Waals surface area (Å²) in [5, 5.41) is 3.89. The monoisotopic (exact) mass is 381 g/mol. The average Bonchev–Trinajstić information content (AvgIpc) is 3.25. The van der Waals surface area contributed by atoms with Gasteiger partial charge in [-0.15, -0.1) is 23.7 Å². The second-order valence-electron chi connectivity index (χ2n) is 6.18. The Labute approximate surface area is 156 Å². The van der Waals surface area contributed by atoms with Crippen LogP contribution >= 0.6 is 23.7 Å². The van der Waals surface area contributed by atoms with Crippen LogP contribution < -0.4 is 20.5 Å². The van der Waals surface area contributed by atoms with E-state index in [1.165, 1.54) is 11.3 Å². The fraction of sp³-hybridized carbons (Fsp3) is 0.412. The molecule has 134 valence electrons. The first-order chi connectivity index (χ1) is 11.7. The Morgan fingerprint density at radius 2 is 1.96 bits per heavy atom. The highest BCUT2D eigenvalue weighted by atomic mass is 35.5. The number of halogens is 1. The highest BCUT2D eigenvalue weighted by molar-refractivity contribution is 7.16. The largest absolute Gasteiger partial charge is 0.454 e. The molecule has 1 aromatic carbocycles. The number of benzene rings is 1. The van der Waals surface area contributed by atoms with Crippen LogP contribution in [-0.2, 0) is 0 Å². The zero-order valence-electron chi connectivity index (χ0n) is 13.6. The van der Waals surface area contributed by atoms with E-state index in [4.69, 9.17) is 15.2 Å². The van der Waals surface area contributed by atoms with Crippen LogP contribution in [0.15, 0.2) is 24.4 Å². The van der Waals surface area contributed by atoms with E-state index >= 15 is 0 Å². The quantitative estimate of drug-likeness (QED) is 0.853. The van der Waals surface area contributed by atoms with E-state index in [1.807, 2.05) is 18.2 Å². The molecule has 4 rings (SSSR count). The molecule has 0 bridgehead atoms. The number of thiazole rings is 1. The Bertz CT molecular complexity index is 759. The number of carbonyl (C=O) groups excluding carboxylic acids is 1. The van der Waals surface area contributed by atoms with Crippen molar-refractivity contribution < 1.29 is 14.3 Å². The van der Waals surface area contributed by atoms with Gasteiger partial charge in [0.25, 0.3) is 5.91 Å². The van der Waals surface area contributed by atoms with Crippen LogP contribution in [0.25, 0.3) is 10.6 Å². The molecule has 1 saturated carbocycles. The predicted molar refractivity (Wildman–Crippen MR) is 98.6 cm³/mol. The summed E-state index contributed by atoms with van der Waals surface area (Å²) in [5.74, 6) is 1.40. The predicted octanol–water partition coefficient (Wildman–Crippen LogP) is 2.96. The molecule has 3 N–H and O–H groups in total. The normalized spacial score (nSPS) is 21.5. The molecule has 0 spiro atoms. The summed E-state index contributed by atoms with van der Waals surface area (Å²) < 4.78 is 10.7. The topological polar surface area (TPSA) is 86.5 Å². The summed E-state index contributed by atoms with van der Waals surface area (Å²) in [6.07, 6.45) is 5.46. The number of rotatable bonds is 3. The van der Waals surface area contributed by atoms with Crippen molar-refractivity contribution in [2.75, 3.05) is 6.79 Å². The second kappa shape index (κ2) is 7.59. The van der Waals surface area contributed by atoms with Crippen molar-refractivity contribution in [2.45, 2.75) is 37.8 Å². The third-order valence-electron chi connectivity index (χ3n) is 4.46. The Morgan fingerprint density at radius 1 is 1.20 bits per heavy atom. The van der Waals surface area contributed by atoms with Crippen LogP contribution in [0.2, 0.25) is 0 Å². The van der Waals surface area contributed by atoms with Gasteiger partial charge in [-0.2, -0.15) is 0 Å². The van der Waals surface area contributed by atoms with Crippen LogP contribution in [-0.4, -0.2) is 29.8 Å². The molecule has 0 radical (unpaired) electrons. The van der Waals surface area contributed by atoms with Crippen molar-refractivity contribution in [2.24, 2.45) is 5.73 Å². The number of fused-ring (bicyclic) bond motifs is 1. The Kier molecular flexibility index (Phi) is 5.46. The minimum absolute atomic E-state index is 0. The fourth-order valence-corrected chi connectivity index (χ4v) is 3.88. The molecule has 1 amide bonds. The lowest BCUT2D eigenvalue weighted by Crippen LogP contribution is -2.40. The van der Waals surface area contributed by atoms with Crippen LogP contribution in [0.5, 0.6) is 11.5 Å². The van der Waals surface area contributed by atoms with Crippen molar-refractivity contribution >= 4 is 29.7 Å². The minimum Gasteiger partial charge on any atom is -0.454 e. The fourth-order valence-electron chi connectivity index (χ4n) is 3.06. The van der Waals surface area contributed by atoms with Crippen LogP contribution in [0.1, 0.15) is 35.4 Å². The van der Waals surface area contributed by atoms with Crippen molar-refractivity contribution in [3.05, 3.63) is 29.3 Å². The minimum atomic E-state index is -0.0556. The standard InChI is InChI=1S/C17H19N3O3S.ClH/c18-11-2-4-12(5-3-11)20-16(21)15-8-19-17(24-15)10-1-6-13-14(7-10)23-9-22-13;/h1,6-8,11-12H,2-5,9,18H2,(H,20,21);1H. The number of hydrogen-bond acceptors (Lipinski definition) is 6. The van der Waals surface area contributed by atoms with E-state index in [0.717, 1.165) is 42.0 Å². The van der Waals surface area contributed by atoms with Gasteiger partial charge in [-0.1, -0.05) is 0 Å². The first-order valence-corrected chi connectivity index (χ1v) is 8.93. The van der Waals surface area contributed by atoms with Gasteiger partial charge in [0, 0.05) is 17.6 Å². The maximum absolute atomic E-state index is 12.4. The van der Waals surface area contributed by atoms with Crippen molar-refractivity contribution in [1.29, 1.82) is 0 Å². The number of nitrogens with one attached hydrogen (secondary N) is 1. The number of nitrogens with zero attached hydrogens (tertiary/aromatic N) is 1. The molecule has 8 heteroatoms. The van der Waals surface area contributed by atoms with E-state index in [1.54, 1.807) is 6.20 Å². The molecule has 2 aromatic rings. The number of hydrogen-bond donors (Lipinski definition) is 2. The summed E-state index contributed by atoms with van der Waals surface area (Å²) in [6.45, 7) is 0.245. The molecule has 1 aliphatic carbocycles. The molecule has 6 nitrogen and oxygen atoms in total. The third kappa shape index (κ3) is 3.89. The zero-order valence-corrected chi connectivity index (χ0v) is 15.2. The number of amides is 1. The SMILES string of the molecule is Cl.NC1CCC(NC(=O)c2cnc(-c3ccc4c(c3)OCO4)s2)CC1. The smallest absolute Gasteiger partial charge is 0.263 e. The van der Waals surface area contributed by atoms with Crippen molar-refractivity contribution in [3.8, 4) is 22.1 Å². The van der Waals surface area contributed by atoms with Gasteiger partial charge >= 0.3 is 0 Å². The highest BCUT2D eigenvalue weighted by Crippen LogP contribution is 2.37. The molecule has 1 fully saturated rings. The van der Waals surface area contributed by atoms with Gasteiger partial charge in [0.15, 0.2) is 11.5 Å². The number of nitrogens with two attached hydrogens (primary N) is 1. The van der Waals surface area contributed by atoms with Crippen LogP contribution in [0.4, 0.5) is 0 Å². The molecular weight excluding hydrogens is 362 g/mol. The van der Waals surface area contributed by atoms with Crippen molar-refractivity contribution in [1.82, 2.24) is 10.3 Å². The van der Waals surface area contributed by atoms with Gasteiger partial charge in [-0.3, -0.25) is 4.79 Å². The Hall–Kier alpha value is -1.83. The summed E-state index contributed by atoms with van der Waals surface area (Å²) in [4.78, 5) is 17.4. The Morgan fingerprint density at radius 3 is 2.76 bits per heavy atom. The third-order valence-corrected chi connectivity index (χ3v) is 5.50. The zero-order chi connectivity index (χ0) is 16.5. The maximum Gasteiger partial charge on any atom is 0.263 e. The van der Waals surface area contributed by atoms with E-state index in [2.05, 4.69) is 10.3 Å². The molecule has 0 unspecified atom stereocenters. The molecular formula is C17H20ClN3O3S. The molecule has 25 heavy (non-hydrogen) atoms. The maximum atomic E-state index is 12.4. The number of aromatic nitrogens is 1. The van der Waals surface area contributed by atoms with E-state index in [-0.39, 0.29) is 37.2 Å². The lowest BCUT2D eigenvalue weighted by atomic mass is 9.92. The number of ether oxygens (including phenoxy) is 2. The van der Waals surface area contributed by atoms with Crippen molar-refractivity contribution in [3.63, 3.8) is 0 Å². The van der Waals surface area contributed by atoms with Gasteiger partial charge in [-0.05, 0) is 43.9 Å². The summed E-state index contributed by atoms with van der Waals surface area (Å²) >= 11 is 1.38. The van der Waals surface area contributed by atoms with E-state index in [9.17, 15) is 4.79 Å². The van der Waals surface area contributed by atoms with Gasteiger partial charge < -0.3 is 20.5 Å². The lowest BCUT2D eigenvalue weighted by molar-refractivity contribution is 0.0930. The van der Waals surface area contributed by atoms with Crippen LogP contribution in [0, 0.1) is 0 Å². The molecule has 0 saturated heterocycles. The molecule has 1 aliphatic heterocycles. The average molecular weight is 382 g/mol. The molecule has 2 heterocycles. The summed E-state index contributed by atoms with van der Waals surface area (Å²) in [6, 6.07) is 6.18. The van der Waals surface area contributed by atoms with Gasteiger partial charge in [0.2, 0.25) is 6.79 Å². The highest BCUT2D eigenvalue weighted by Gasteiger charge is 2.22. The van der Waals surface area contributed by atoms with E-state index < -0.39 is 0 Å². The molecule has 0 atom stereocenters. The Balaban J connectivity index is 0.00000182. The first kappa shape index (κ1) is 18.0. The molecule has 2 aliphatic rings. The lowest BCUT2D eigenvalue weighted by Gasteiger charge is -2.26.